The van der Waals surface area contributed by atoms with Gasteiger partial charge in [-0.25, -0.2) is 4.98 Å². The molecule has 2 heterocycles. The van der Waals surface area contributed by atoms with E-state index in [1.807, 2.05) is 30.5 Å². The summed E-state index contributed by atoms with van der Waals surface area (Å²) < 4.78 is 0. The summed E-state index contributed by atoms with van der Waals surface area (Å²) in [5.74, 6) is 0.860. The number of hydrogen-bond acceptors (Lipinski definition) is 2. The molecule has 2 nitrogen and oxygen atoms in total. The van der Waals surface area contributed by atoms with E-state index in [-0.39, 0.29) is 0 Å². The van der Waals surface area contributed by atoms with E-state index in [2.05, 4.69) is 9.97 Å². The Labute approximate surface area is 125 Å². The summed E-state index contributed by atoms with van der Waals surface area (Å²) in [6.45, 7) is 1.98. The van der Waals surface area contributed by atoms with Crippen LogP contribution < -0.4 is 0 Å². The van der Waals surface area contributed by atoms with Gasteiger partial charge >= 0.3 is 0 Å². The van der Waals surface area contributed by atoms with Crippen LogP contribution in [0.2, 0.25) is 10.0 Å². The Kier molecular flexibility index (Phi) is 3.35. The lowest BCUT2D eigenvalue weighted by molar-refractivity contribution is 1.26. The van der Waals surface area contributed by atoms with Gasteiger partial charge in [-0.05, 0) is 36.6 Å². The normalized spacial score (nSPS) is 10.9. The van der Waals surface area contributed by atoms with Crippen molar-refractivity contribution >= 4 is 34.5 Å². The predicted molar refractivity (Wildman–Crippen MR) is 82.1 cm³/mol. The van der Waals surface area contributed by atoms with Gasteiger partial charge in [-0.15, -0.1) is 11.3 Å². The topological polar surface area (TPSA) is 28.7 Å². The van der Waals surface area contributed by atoms with Gasteiger partial charge in [0, 0.05) is 16.3 Å². The van der Waals surface area contributed by atoms with Crippen LogP contribution in [0.1, 0.15) is 5.69 Å². The first-order valence-corrected chi connectivity index (χ1v) is 7.34. The molecule has 0 atom stereocenters. The summed E-state index contributed by atoms with van der Waals surface area (Å²) in [4.78, 5) is 9.03. The average molecular weight is 309 g/mol. The minimum Gasteiger partial charge on any atom is -0.341 e. The van der Waals surface area contributed by atoms with Gasteiger partial charge in [-0.2, -0.15) is 0 Å². The summed E-state index contributed by atoms with van der Waals surface area (Å²) in [5.41, 5.74) is 2.68. The average Bonchev–Trinajstić information content (AvgIpc) is 3.01. The van der Waals surface area contributed by atoms with Crippen LogP contribution in [0.3, 0.4) is 0 Å². The fraction of sp³-hybridized carbons (Fsp3) is 0.0714. The van der Waals surface area contributed by atoms with Crippen LogP contribution in [0.5, 0.6) is 0 Å². The molecule has 0 aliphatic heterocycles. The molecule has 1 aromatic carbocycles. The quantitative estimate of drug-likeness (QED) is 0.672. The van der Waals surface area contributed by atoms with Crippen LogP contribution in [0.15, 0.2) is 35.7 Å². The molecule has 0 fully saturated rings. The number of rotatable bonds is 2. The summed E-state index contributed by atoms with van der Waals surface area (Å²) >= 11 is 13.9. The first-order valence-electron chi connectivity index (χ1n) is 5.71. The Hall–Kier alpha value is -1.29. The highest BCUT2D eigenvalue weighted by atomic mass is 35.5. The molecular weight excluding hydrogens is 299 g/mol. The van der Waals surface area contributed by atoms with Crippen molar-refractivity contribution < 1.29 is 0 Å². The highest BCUT2D eigenvalue weighted by Crippen LogP contribution is 2.33. The second-order valence-corrected chi connectivity index (χ2v) is 5.95. The first-order chi connectivity index (χ1) is 9.15. The van der Waals surface area contributed by atoms with Crippen molar-refractivity contribution in [2.75, 3.05) is 0 Å². The summed E-state index contributed by atoms with van der Waals surface area (Å²) in [7, 11) is 0. The van der Waals surface area contributed by atoms with Crippen LogP contribution in [0.4, 0.5) is 0 Å². The summed E-state index contributed by atoms with van der Waals surface area (Å²) in [6, 6.07) is 9.44. The van der Waals surface area contributed by atoms with Crippen molar-refractivity contribution in [3.63, 3.8) is 0 Å². The van der Waals surface area contributed by atoms with E-state index in [9.17, 15) is 0 Å². The number of aromatic nitrogens is 2. The molecule has 96 valence electrons. The Bertz CT molecular complexity index is 717. The molecule has 5 heteroatoms. The Balaban J connectivity index is 2.13. The molecule has 0 aliphatic rings. The van der Waals surface area contributed by atoms with Gasteiger partial charge in [0.25, 0.3) is 0 Å². The monoisotopic (exact) mass is 308 g/mol. The Morgan fingerprint density at radius 1 is 1.21 bits per heavy atom. The van der Waals surface area contributed by atoms with E-state index in [0.717, 1.165) is 27.7 Å². The van der Waals surface area contributed by atoms with Crippen molar-refractivity contribution in [3.8, 4) is 22.0 Å². The van der Waals surface area contributed by atoms with Crippen molar-refractivity contribution in [1.29, 1.82) is 0 Å². The number of benzene rings is 1. The van der Waals surface area contributed by atoms with E-state index >= 15 is 0 Å². The SMILES string of the molecule is Cc1[nH]c(-c2cccs2)nc1-c1cc(Cl)ccc1Cl. The molecule has 0 amide bonds. The van der Waals surface area contributed by atoms with Crippen molar-refractivity contribution in [1.82, 2.24) is 9.97 Å². The number of H-pyrrole nitrogens is 1. The van der Waals surface area contributed by atoms with E-state index in [4.69, 9.17) is 23.2 Å². The maximum Gasteiger partial charge on any atom is 0.148 e. The number of aryl methyl sites for hydroxylation is 1. The van der Waals surface area contributed by atoms with Gasteiger partial charge in [-0.1, -0.05) is 29.3 Å². The number of aromatic amines is 1. The van der Waals surface area contributed by atoms with Crippen LogP contribution in [-0.4, -0.2) is 9.97 Å². The highest BCUT2D eigenvalue weighted by Gasteiger charge is 2.14. The zero-order valence-corrected chi connectivity index (χ0v) is 12.4. The molecule has 3 rings (SSSR count). The second-order valence-electron chi connectivity index (χ2n) is 4.16. The van der Waals surface area contributed by atoms with E-state index < -0.39 is 0 Å². The molecule has 0 saturated carbocycles. The second kappa shape index (κ2) is 5.00. The van der Waals surface area contributed by atoms with Crippen LogP contribution >= 0.6 is 34.5 Å². The molecule has 3 aromatic rings. The van der Waals surface area contributed by atoms with Crippen LogP contribution in [0, 0.1) is 6.92 Å². The first kappa shape index (κ1) is 12.7. The number of nitrogens with zero attached hydrogens (tertiary/aromatic N) is 1. The Morgan fingerprint density at radius 3 is 2.79 bits per heavy atom. The molecule has 0 saturated heterocycles. The van der Waals surface area contributed by atoms with Gasteiger partial charge in [0.2, 0.25) is 0 Å². The molecular formula is C14H10Cl2N2S. The molecule has 0 aliphatic carbocycles. The van der Waals surface area contributed by atoms with Crippen LogP contribution in [-0.2, 0) is 0 Å². The molecule has 19 heavy (non-hydrogen) atoms. The van der Waals surface area contributed by atoms with Gasteiger partial charge in [-0.3, -0.25) is 0 Å². The summed E-state index contributed by atoms with van der Waals surface area (Å²) in [5, 5.41) is 3.33. The molecule has 0 radical (unpaired) electrons. The molecule has 0 bridgehead atoms. The lowest BCUT2D eigenvalue weighted by Crippen LogP contribution is -1.83. The predicted octanol–water partition coefficient (Wildman–Crippen LogP) is 5.42. The fourth-order valence-electron chi connectivity index (χ4n) is 1.93. The highest BCUT2D eigenvalue weighted by molar-refractivity contribution is 7.13. The van der Waals surface area contributed by atoms with Crippen molar-refractivity contribution in [3.05, 3.63) is 51.5 Å². The third-order valence-electron chi connectivity index (χ3n) is 2.82. The van der Waals surface area contributed by atoms with Crippen molar-refractivity contribution in [2.24, 2.45) is 0 Å². The van der Waals surface area contributed by atoms with E-state index in [1.165, 1.54) is 0 Å². The largest absolute Gasteiger partial charge is 0.341 e. The molecule has 2 aromatic heterocycles. The Morgan fingerprint density at radius 2 is 2.05 bits per heavy atom. The zero-order chi connectivity index (χ0) is 13.4. The van der Waals surface area contributed by atoms with Gasteiger partial charge in [0.1, 0.15) is 5.82 Å². The fourth-order valence-corrected chi connectivity index (χ4v) is 2.98. The maximum atomic E-state index is 6.23. The maximum absolute atomic E-state index is 6.23. The lowest BCUT2D eigenvalue weighted by Gasteiger charge is -2.02. The van der Waals surface area contributed by atoms with Gasteiger partial charge in [0.05, 0.1) is 15.6 Å². The van der Waals surface area contributed by atoms with E-state index in [0.29, 0.717) is 10.0 Å². The molecule has 0 unspecified atom stereocenters. The number of imidazole rings is 1. The zero-order valence-electron chi connectivity index (χ0n) is 10.1. The van der Waals surface area contributed by atoms with Crippen LogP contribution in [0.25, 0.3) is 22.0 Å². The van der Waals surface area contributed by atoms with Crippen molar-refractivity contribution in [2.45, 2.75) is 6.92 Å². The summed E-state index contributed by atoms with van der Waals surface area (Å²) in [6.07, 6.45) is 0. The molecule has 1 N–H and O–H groups in total. The standard InChI is InChI=1S/C14H10Cl2N2S/c1-8-13(10-7-9(15)4-5-11(10)16)18-14(17-8)12-3-2-6-19-12/h2-7H,1H3,(H,17,18). The number of halogens is 2. The number of thiophene rings is 1. The number of hydrogen-bond donors (Lipinski definition) is 1. The molecule has 0 spiro atoms. The third kappa shape index (κ3) is 2.41. The van der Waals surface area contributed by atoms with E-state index in [1.54, 1.807) is 23.5 Å². The lowest BCUT2D eigenvalue weighted by atomic mass is 10.1. The smallest absolute Gasteiger partial charge is 0.148 e. The minimum absolute atomic E-state index is 0.650. The van der Waals surface area contributed by atoms with Gasteiger partial charge in [0.15, 0.2) is 0 Å². The third-order valence-corrected chi connectivity index (χ3v) is 4.26. The minimum atomic E-state index is 0.650. The van der Waals surface area contributed by atoms with Gasteiger partial charge < -0.3 is 4.98 Å². The number of nitrogens with one attached hydrogen (secondary N) is 1.